The van der Waals surface area contributed by atoms with E-state index < -0.39 is 11.8 Å². The van der Waals surface area contributed by atoms with E-state index in [-0.39, 0.29) is 11.6 Å². The van der Waals surface area contributed by atoms with Gasteiger partial charge in [0.1, 0.15) is 11.3 Å². The summed E-state index contributed by atoms with van der Waals surface area (Å²) in [5, 5.41) is 6.25. The molecule has 2 aromatic heterocycles. The van der Waals surface area contributed by atoms with Gasteiger partial charge in [0.15, 0.2) is 10.9 Å². The molecule has 10 heteroatoms. The van der Waals surface area contributed by atoms with Crippen molar-refractivity contribution >= 4 is 28.3 Å². The molecule has 0 saturated carbocycles. The van der Waals surface area contributed by atoms with Crippen molar-refractivity contribution in [3.8, 4) is 0 Å². The lowest BCUT2D eigenvalue weighted by Gasteiger charge is -2.25. The number of hydrazine groups is 1. The van der Waals surface area contributed by atoms with Crippen LogP contribution >= 0.6 is 11.3 Å². The normalized spacial score (nSPS) is 14.5. The van der Waals surface area contributed by atoms with E-state index in [0.29, 0.717) is 30.2 Å². The molecular weight excluding hydrogens is 358 g/mol. The number of aryl methyl sites for hydroxylation is 1. The molecule has 0 aliphatic carbocycles. The average molecular weight is 379 g/mol. The monoisotopic (exact) mass is 379 g/mol. The molecule has 9 nitrogen and oxygen atoms in total. The highest BCUT2D eigenvalue weighted by atomic mass is 32.1. The minimum absolute atomic E-state index is 0.00210. The number of anilines is 1. The summed E-state index contributed by atoms with van der Waals surface area (Å²) < 4.78 is 10.5. The van der Waals surface area contributed by atoms with Crippen LogP contribution < -0.4 is 15.8 Å². The maximum absolute atomic E-state index is 12.4. The molecule has 1 fully saturated rings. The number of morpholine rings is 1. The Labute approximate surface area is 154 Å². The summed E-state index contributed by atoms with van der Waals surface area (Å²) in [6.07, 6.45) is 0. The van der Waals surface area contributed by atoms with Crippen molar-refractivity contribution < 1.29 is 18.8 Å². The van der Waals surface area contributed by atoms with Crippen molar-refractivity contribution in [2.45, 2.75) is 26.7 Å². The summed E-state index contributed by atoms with van der Waals surface area (Å²) in [5.41, 5.74) is 5.86. The number of ether oxygens (including phenoxy) is 1. The van der Waals surface area contributed by atoms with E-state index in [1.807, 2.05) is 13.8 Å². The van der Waals surface area contributed by atoms with Gasteiger partial charge in [0.2, 0.25) is 0 Å². The van der Waals surface area contributed by atoms with Crippen LogP contribution in [0.2, 0.25) is 0 Å². The first-order chi connectivity index (χ1) is 12.5. The number of amides is 2. The first-order valence-electron chi connectivity index (χ1n) is 8.32. The third kappa shape index (κ3) is 3.86. The minimum atomic E-state index is -0.477. The number of hydrogen-bond donors (Lipinski definition) is 2. The molecule has 140 valence electrons. The maximum atomic E-state index is 12.4. The second-order valence-electron chi connectivity index (χ2n) is 6.18. The van der Waals surface area contributed by atoms with Crippen molar-refractivity contribution in [1.29, 1.82) is 0 Å². The number of rotatable bonds is 4. The Morgan fingerprint density at radius 3 is 2.62 bits per heavy atom. The number of nitrogens with one attached hydrogen (secondary N) is 2. The van der Waals surface area contributed by atoms with E-state index in [4.69, 9.17) is 9.26 Å². The van der Waals surface area contributed by atoms with E-state index in [9.17, 15) is 9.59 Å². The molecule has 1 saturated heterocycles. The third-order valence-corrected chi connectivity index (χ3v) is 4.84. The Balaban J connectivity index is 1.61. The van der Waals surface area contributed by atoms with Gasteiger partial charge < -0.3 is 14.2 Å². The fraction of sp³-hybridized carbons (Fsp3) is 0.500. The predicted octanol–water partition coefficient (Wildman–Crippen LogP) is 1.47. The van der Waals surface area contributed by atoms with Gasteiger partial charge in [-0.05, 0) is 6.92 Å². The molecule has 26 heavy (non-hydrogen) atoms. The highest BCUT2D eigenvalue weighted by Gasteiger charge is 2.23. The van der Waals surface area contributed by atoms with E-state index in [1.165, 1.54) is 11.3 Å². The molecule has 0 aromatic carbocycles. The molecule has 1 aliphatic heterocycles. The van der Waals surface area contributed by atoms with Crippen LogP contribution in [-0.2, 0) is 4.74 Å². The molecule has 0 atom stereocenters. The van der Waals surface area contributed by atoms with Gasteiger partial charge in [0.05, 0.1) is 18.9 Å². The van der Waals surface area contributed by atoms with Gasteiger partial charge in [-0.15, -0.1) is 11.3 Å². The third-order valence-electron chi connectivity index (χ3n) is 3.94. The van der Waals surface area contributed by atoms with Crippen LogP contribution in [0.5, 0.6) is 0 Å². The Kier molecular flexibility index (Phi) is 5.52. The number of aromatic nitrogens is 2. The van der Waals surface area contributed by atoms with E-state index >= 15 is 0 Å². The summed E-state index contributed by atoms with van der Waals surface area (Å²) in [4.78, 5) is 31.0. The molecule has 3 heterocycles. The molecule has 0 unspecified atom stereocenters. The van der Waals surface area contributed by atoms with Gasteiger partial charge in [-0.2, -0.15) is 0 Å². The van der Waals surface area contributed by atoms with Gasteiger partial charge >= 0.3 is 0 Å². The van der Waals surface area contributed by atoms with Gasteiger partial charge in [0.25, 0.3) is 11.8 Å². The molecule has 3 rings (SSSR count). The van der Waals surface area contributed by atoms with Crippen LogP contribution in [0.15, 0.2) is 9.90 Å². The summed E-state index contributed by atoms with van der Waals surface area (Å²) in [6, 6.07) is 0. The Morgan fingerprint density at radius 1 is 1.23 bits per heavy atom. The number of thiazole rings is 1. The van der Waals surface area contributed by atoms with Crippen LogP contribution in [-0.4, -0.2) is 48.3 Å². The molecule has 2 aromatic rings. The Bertz CT molecular complexity index is 794. The molecule has 2 N–H and O–H groups in total. The van der Waals surface area contributed by atoms with Crippen molar-refractivity contribution in [1.82, 2.24) is 21.0 Å². The summed E-state index contributed by atoms with van der Waals surface area (Å²) in [6.45, 7) is 8.27. The SMILES string of the molecule is Cc1noc(C(C)C)c1C(=O)NNC(=O)c1csc(N2CCOCC2)n1. The zero-order chi connectivity index (χ0) is 18.7. The number of nitrogens with zero attached hydrogens (tertiary/aromatic N) is 3. The van der Waals surface area contributed by atoms with Crippen molar-refractivity contribution in [2.24, 2.45) is 0 Å². The molecule has 1 aliphatic rings. The van der Waals surface area contributed by atoms with Gasteiger partial charge in [-0.1, -0.05) is 19.0 Å². The second kappa shape index (κ2) is 7.83. The fourth-order valence-corrected chi connectivity index (χ4v) is 3.43. The van der Waals surface area contributed by atoms with Crippen molar-refractivity contribution in [3.63, 3.8) is 0 Å². The summed E-state index contributed by atoms with van der Waals surface area (Å²) in [5.74, 6) is -0.460. The van der Waals surface area contributed by atoms with Crippen molar-refractivity contribution in [3.05, 3.63) is 28.1 Å². The lowest BCUT2D eigenvalue weighted by atomic mass is 10.1. The summed E-state index contributed by atoms with van der Waals surface area (Å²) in [7, 11) is 0. The van der Waals surface area contributed by atoms with Gasteiger partial charge in [-0.3, -0.25) is 20.4 Å². The average Bonchev–Trinajstić information content (AvgIpc) is 3.27. The van der Waals surface area contributed by atoms with Crippen LogP contribution in [0.25, 0.3) is 0 Å². The lowest BCUT2D eigenvalue weighted by molar-refractivity contribution is 0.0842. The second-order valence-corrected chi connectivity index (χ2v) is 7.02. The highest BCUT2D eigenvalue weighted by Crippen LogP contribution is 2.22. The number of hydrogen-bond acceptors (Lipinski definition) is 8. The molecule has 0 bridgehead atoms. The first-order valence-corrected chi connectivity index (χ1v) is 9.20. The molecule has 2 amide bonds. The zero-order valence-corrected chi connectivity index (χ0v) is 15.7. The Hall–Kier alpha value is -2.46. The van der Waals surface area contributed by atoms with E-state index in [1.54, 1.807) is 12.3 Å². The smallest absolute Gasteiger partial charge is 0.289 e. The van der Waals surface area contributed by atoms with Crippen LogP contribution in [0.3, 0.4) is 0 Å². The first kappa shape index (κ1) is 18.3. The highest BCUT2D eigenvalue weighted by molar-refractivity contribution is 7.13. The summed E-state index contributed by atoms with van der Waals surface area (Å²) >= 11 is 1.39. The van der Waals surface area contributed by atoms with Crippen molar-refractivity contribution in [2.75, 3.05) is 31.2 Å². The zero-order valence-electron chi connectivity index (χ0n) is 14.9. The largest absolute Gasteiger partial charge is 0.378 e. The fourth-order valence-electron chi connectivity index (χ4n) is 2.57. The standard InChI is InChI=1S/C16H21N5O4S/c1-9(2)13-12(10(3)20-25-13)15(23)19-18-14(22)11-8-26-16(17-11)21-4-6-24-7-5-21/h8-9H,4-7H2,1-3H3,(H,18,22)(H,19,23). The van der Waals surface area contributed by atoms with Gasteiger partial charge in [-0.25, -0.2) is 4.98 Å². The maximum Gasteiger partial charge on any atom is 0.289 e. The van der Waals surface area contributed by atoms with E-state index in [0.717, 1.165) is 18.2 Å². The van der Waals surface area contributed by atoms with E-state index in [2.05, 4.69) is 25.9 Å². The topological polar surface area (TPSA) is 110 Å². The molecule has 0 radical (unpaired) electrons. The predicted molar refractivity (Wildman–Crippen MR) is 95.4 cm³/mol. The number of carbonyl (C=O) groups excluding carboxylic acids is 2. The molecular formula is C16H21N5O4S. The van der Waals surface area contributed by atoms with Crippen LogP contribution in [0, 0.1) is 6.92 Å². The Morgan fingerprint density at radius 2 is 1.92 bits per heavy atom. The van der Waals surface area contributed by atoms with Gasteiger partial charge in [0, 0.05) is 24.4 Å². The van der Waals surface area contributed by atoms with Crippen LogP contribution in [0.1, 0.15) is 52.1 Å². The quantitative estimate of drug-likeness (QED) is 0.774. The lowest BCUT2D eigenvalue weighted by Crippen LogP contribution is -2.42. The van der Waals surface area contributed by atoms with Crippen LogP contribution in [0.4, 0.5) is 5.13 Å². The molecule has 0 spiro atoms. The minimum Gasteiger partial charge on any atom is -0.378 e. The number of carbonyl (C=O) groups is 2.